The van der Waals surface area contributed by atoms with Gasteiger partial charge in [-0.1, -0.05) is 11.6 Å². The van der Waals surface area contributed by atoms with Gasteiger partial charge in [-0.3, -0.25) is 4.79 Å². The number of pyridine rings is 1. The number of sulfone groups is 1. The maximum absolute atomic E-state index is 12.4. The van der Waals surface area contributed by atoms with Crippen molar-refractivity contribution >= 4 is 39.1 Å². The van der Waals surface area contributed by atoms with Crippen LogP contribution in [0.5, 0.6) is 0 Å². The Morgan fingerprint density at radius 2 is 2.32 bits per heavy atom. The Hall–Kier alpha value is -0.790. The molecule has 1 fully saturated rings. The molecule has 5 nitrogen and oxygen atoms in total. The average Bonchev–Trinajstić information content (AvgIpc) is 2.37. The molecular weight excluding hydrogens is 308 g/mol. The van der Waals surface area contributed by atoms with Crippen LogP contribution in [0, 0.1) is 0 Å². The first kappa shape index (κ1) is 14.6. The van der Waals surface area contributed by atoms with Crippen LogP contribution in [0.25, 0.3) is 0 Å². The summed E-state index contributed by atoms with van der Waals surface area (Å²) < 4.78 is 23.5. The summed E-state index contributed by atoms with van der Waals surface area (Å²) in [4.78, 5) is 17.6. The van der Waals surface area contributed by atoms with Crippen molar-refractivity contribution in [2.45, 2.75) is 5.37 Å². The van der Waals surface area contributed by atoms with Crippen molar-refractivity contribution in [1.29, 1.82) is 0 Å². The van der Waals surface area contributed by atoms with Gasteiger partial charge in [0.25, 0.3) is 5.91 Å². The third-order valence-corrected chi connectivity index (χ3v) is 5.66. The molecule has 0 N–H and O–H groups in total. The van der Waals surface area contributed by atoms with E-state index >= 15 is 0 Å². The standard InChI is InChI=1S/C11H13ClN2O3S2/c1-19(16,17)10-7-18-5-4-14(10)11(15)8-2-3-13-9(12)6-8/h2-3,6,10H,4-5,7H2,1H3. The van der Waals surface area contributed by atoms with Crippen molar-refractivity contribution in [2.75, 3.05) is 24.3 Å². The molecule has 1 aromatic heterocycles. The zero-order chi connectivity index (χ0) is 14.0. The monoisotopic (exact) mass is 320 g/mol. The summed E-state index contributed by atoms with van der Waals surface area (Å²) in [6, 6.07) is 2.99. The van der Waals surface area contributed by atoms with Crippen molar-refractivity contribution in [3.8, 4) is 0 Å². The first-order chi connectivity index (χ1) is 8.89. The molecule has 2 rings (SSSR count). The molecule has 1 unspecified atom stereocenters. The zero-order valence-corrected chi connectivity index (χ0v) is 12.6. The van der Waals surface area contributed by atoms with E-state index in [1.54, 1.807) is 0 Å². The summed E-state index contributed by atoms with van der Waals surface area (Å²) in [5, 5.41) is -0.557. The summed E-state index contributed by atoms with van der Waals surface area (Å²) in [7, 11) is -3.30. The van der Waals surface area contributed by atoms with Gasteiger partial charge in [0.1, 0.15) is 10.5 Å². The van der Waals surface area contributed by atoms with E-state index in [4.69, 9.17) is 11.6 Å². The molecule has 0 radical (unpaired) electrons. The summed E-state index contributed by atoms with van der Waals surface area (Å²) in [6.07, 6.45) is 2.59. The van der Waals surface area contributed by atoms with Crippen LogP contribution >= 0.6 is 23.4 Å². The van der Waals surface area contributed by atoms with Gasteiger partial charge in [-0.15, -0.1) is 0 Å². The Bertz CT molecular complexity index is 591. The van der Waals surface area contributed by atoms with Crippen LogP contribution in [-0.2, 0) is 9.84 Å². The Morgan fingerprint density at radius 1 is 1.58 bits per heavy atom. The minimum Gasteiger partial charge on any atom is -0.320 e. The molecule has 0 aliphatic carbocycles. The first-order valence-corrected chi connectivity index (χ1v) is 9.07. The quantitative estimate of drug-likeness (QED) is 0.768. The molecule has 0 aromatic carbocycles. The largest absolute Gasteiger partial charge is 0.320 e. The fourth-order valence-corrected chi connectivity index (χ4v) is 4.86. The predicted molar refractivity (Wildman–Crippen MR) is 76.2 cm³/mol. The van der Waals surface area contributed by atoms with Gasteiger partial charge in [0.15, 0.2) is 9.84 Å². The lowest BCUT2D eigenvalue weighted by Gasteiger charge is -2.34. The van der Waals surface area contributed by atoms with Gasteiger partial charge in [-0.05, 0) is 12.1 Å². The highest BCUT2D eigenvalue weighted by molar-refractivity contribution is 8.00. The minimum atomic E-state index is -3.30. The third-order valence-electron chi connectivity index (χ3n) is 2.81. The molecule has 1 amide bonds. The maximum Gasteiger partial charge on any atom is 0.255 e. The van der Waals surface area contributed by atoms with Gasteiger partial charge in [0.2, 0.25) is 0 Å². The molecule has 2 heterocycles. The van der Waals surface area contributed by atoms with Crippen LogP contribution in [0.3, 0.4) is 0 Å². The maximum atomic E-state index is 12.4. The lowest BCUT2D eigenvalue weighted by molar-refractivity contribution is 0.0749. The van der Waals surface area contributed by atoms with E-state index in [0.717, 1.165) is 12.0 Å². The molecule has 1 atom stereocenters. The van der Waals surface area contributed by atoms with Gasteiger partial charge in [0.05, 0.1) is 0 Å². The number of thioether (sulfide) groups is 1. The van der Waals surface area contributed by atoms with Crippen LogP contribution in [0.2, 0.25) is 5.15 Å². The molecule has 1 aromatic rings. The number of carbonyl (C=O) groups is 1. The first-order valence-electron chi connectivity index (χ1n) is 5.59. The summed E-state index contributed by atoms with van der Waals surface area (Å²) >= 11 is 7.29. The number of carbonyl (C=O) groups excluding carboxylic acids is 1. The molecule has 104 valence electrons. The normalized spacial score (nSPS) is 20.3. The van der Waals surface area contributed by atoms with Crippen LogP contribution in [-0.4, -0.2) is 53.9 Å². The Kier molecular flexibility index (Phi) is 4.37. The van der Waals surface area contributed by atoms with Gasteiger partial charge >= 0.3 is 0 Å². The Balaban J connectivity index is 2.30. The highest BCUT2D eigenvalue weighted by Gasteiger charge is 2.34. The second-order valence-electron chi connectivity index (χ2n) is 4.22. The Labute approximate surface area is 121 Å². The number of nitrogens with zero attached hydrogens (tertiary/aromatic N) is 2. The minimum absolute atomic E-state index is 0.216. The van der Waals surface area contributed by atoms with Crippen LogP contribution in [0.1, 0.15) is 10.4 Å². The van der Waals surface area contributed by atoms with Gasteiger partial charge in [0, 0.05) is 36.1 Å². The number of rotatable bonds is 2. The molecule has 1 aliphatic heterocycles. The predicted octanol–water partition coefficient (Wildman–Crippen LogP) is 1.29. The van der Waals surface area contributed by atoms with Crippen molar-refractivity contribution < 1.29 is 13.2 Å². The summed E-state index contributed by atoms with van der Waals surface area (Å²) in [5.74, 6) is 0.819. The third kappa shape index (κ3) is 3.40. The van der Waals surface area contributed by atoms with Crippen molar-refractivity contribution in [3.63, 3.8) is 0 Å². The highest BCUT2D eigenvalue weighted by atomic mass is 35.5. The zero-order valence-electron chi connectivity index (χ0n) is 10.2. The number of hydrogen-bond acceptors (Lipinski definition) is 5. The van der Waals surface area contributed by atoms with E-state index < -0.39 is 15.2 Å². The molecule has 0 bridgehead atoms. The van der Waals surface area contributed by atoms with Crippen molar-refractivity contribution in [1.82, 2.24) is 9.88 Å². The van der Waals surface area contributed by atoms with Gasteiger partial charge in [-0.25, -0.2) is 13.4 Å². The summed E-state index contributed by atoms with van der Waals surface area (Å²) in [6.45, 7) is 0.418. The fraction of sp³-hybridized carbons (Fsp3) is 0.455. The van der Waals surface area contributed by atoms with Crippen molar-refractivity contribution in [2.24, 2.45) is 0 Å². The van der Waals surface area contributed by atoms with E-state index in [-0.39, 0.29) is 11.1 Å². The number of hydrogen-bond donors (Lipinski definition) is 0. The van der Waals surface area contributed by atoms with E-state index in [9.17, 15) is 13.2 Å². The number of halogens is 1. The van der Waals surface area contributed by atoms with E-state index in [1.165, 1.54) is 35.0 Å². The lowest BCUT2D eigenvalue weighted by atomic mass is 10.2. The van der Waals surface area contributed by atoms with Crippen LogP contribution in [0.4, 0.5) is 0 Å². The lowest BCUT2D eigenvalue weighted by Crippen LogP contribution is -2.49. The van der Waals surface area contributed by atoms with Crippen LogP contribution < -0.4 is 0 Å². The number of aromatic nitrogens is 1. The summed E-state index contributed by atoms with van der Waals surface area (Å²) in [5.41, 5.74) is 0.362. The van der Waals surface area contributed by atoms with E-state index in [0.29, 0.717) is 17.9 Å². The van der Waals surface area contributed by atoms with E-state index in [2.05, 4.69) is 4.98 Å². The fourth-order valence-electron chi connectivity index (χ4n) is 1.87. The molecule has 1 saturated heterocycles. The molecular formula is C11H13ClN2O3S2. The molecule has 1 aliphatic rings. The average molecular weight is 321 g/mol. The molecule has 8 heteroatoms. The SMILES string of the molecule is CS(=O)(=O)C1CSCCN1C(=O)c1ccnc(Cl)c1. The van der Waals surface area contributed by atoms with Gasteiger partial charge < -0.3 is 4.90 Å². The van der Waals surface area contributed by atoms with Crippen molar-refractivity contribution in [3.05, 3.63) is 29.0 Å². The Morgan fingerprint density at radius 3 is 2.95 bits per heavy atom. The topological polar surface area (TPSA) is 67.3 Å². The van der Waals surface area contributed by atoms with Crippen LogP contribution in [0.15, 0.2) is 18.3 Å². The molecule has 19 heavy (non-hydrogen) atoms. The second-order valence-corrected chi connectivity index (χ2v) is 7.97. The smallest absolute Gasteiger partial charge is 0.255 e. The highest BCUT2D eigenvalue weighted by Crippen LogP contribution is 2.22. The number of amides is 1. The molecule has 0 spiro atoms. The van der Waals surface area contributed by atoms with E-state index in [1.807, 2.05) is 0 Å². The van der Waals surface area contributed by atoms with Gasteiger partial charge in [-0.2, -0.15) is 11.8 Å². The molecule has 0 saturated carbocycles. The second kappa shape index (κ2) is 5.68.